The van der Waals surface area contributed by atoms with Crippen molar-refractivity contribution < 1.29 is 0 Å². The molecule has 0 aliphatic carbocycles. The average Bonchev–Trinajstić information content (AvgIpc) is 2.58. The molecule has 0 radical (unpaired) electrons. The first kappa shape index (κ1) is 22.0. The van der Waals surface area contributed by atoms with Crippen LogP contribution in [0.3, 0.4) is 0 Å². The molecule has 0 unspecified atom stereocenters. The lowest BCUT2D eigenvalue weighted by Crippen LogP contribution is -2.40. The van der Waals surface area contributed by atoms with Crippen molar-refractivity contribution >= 4 is 0 Å². The topological polar surface area (TPSA) is 12.0 Å². The summed E-state index contributed by atoms with van der Waals surface area (Å²) in [5.41, 5.74) is 0. The van der Waals surface area contributed by atoms with E-state index in [1.54, 1.807) is 0 Å². The Hall–Kier alpha value is -0.0400. The molecule has 1 heterocycles. The van der Waals surface area contributed by atoms with Crippen LogP contribution in [0, 0.1) is 0 Å². The molecule has 1 fully saturated rings. The summed E-state index contributed by atoms with van der Waals surface area (Å²) in [5, 5.41) is 3.77. The Labute approximate surface area is 153 Å². The molecule has 1 aliphatic rings. The molecule has 1 aliphatic heterocycles. The van der Waals surface area contributed by atoms with Crippen molar-refractivity contribution in [1.82, 2.24) is 5.32 Å². The molecule has 0 bridgehead atoms. The minimum Gasteiger partial charge on any atom is -0.312 e. The van der Waals surface area contributed by atoms with E-state index in [1.807, 2.05) is 0 Å². The van der Waals surface area contributed by atoms with Crippen LogP contribution in [0.25, 0.3) is 0 Å². The summed E-state index contributed by atoms with van der Waals surface area (Å²) in [5.74, 6) is 0. The highest BCUT2D eigenvalue weighted by Crippen LogP contribution is 2.18. The van der Waals surface area contributed by atoms with Crippen LogP contribution in [0.5, 0.6) is 0 Å². The van der Waals surface area contributed by atoms with Gasteiger partial charge in [0.1, 0.15) is 0 Å². The van der Waals surface area contributed by atoms with E-state index in [0.717, 1.165) is 12.1 Å². The monoisotopic (exact) mass is 337 g/mol. The fourth-order valence-electron chi connectivity index (χ4n) is 4.23. The van der Waals surface area contributed by atoms with Gasteiger partial charge in [0, 0.05) is 12.1 Å². The molecule has 0 aromatic heterocycles. The van der Waals surface area contributed by atoms with Gasteiger partial charge in [-0.1, -0.05) is 110 Å². The van der Waals surface area contributed by atoms with Gasteiger partial charge in [0.15, 0.2) is 0 Å². The Kier molecular flexibility index (Phi) is 15.1. The molecule has 0 aromatic rings. The predicted molar refractivity (Wildman–Crippen MR) is 110 cm³/mol. The van der Waals surface area contributed by atoms with Crippen LogP contribution < -0.4 is 5.32 Å². The fourth-order valence-corrected chi connectivity index (χ4v) is 4.23. The van der Waals surface area contributed by atoms with Gasteiger partial charge < -0.3 is 5.32 Å². The van der Waals surface area contributed by atoms with E-state index in [9.17, 15) is 0 Å². The molecule has 2 atom stereocenters. The predicted octanol–water partition coefficient (Wildman–Crippen LogP) is 7.78. The molecule has 1 nitrogen and oxygen atoms in total. The Morgan fingerprint density at radius 2 is 1.08 bits per heavy atom. The minimum absolute atomic E-state index is 0.764. The summed E-state index contributed by atoms with van der Waals surface area (Å²) < 4.78 is 0. The maximum absolute atomic E-state index is 3.77. The SMILES string of the molecule is CCCCCCCCCCCCCCCCC[C@H]1CCC[C@H](C)N1. The third-order valence-corrected chi connectivity index (χ3v) is 5.87. The maximum Gasteiger partial charge on any atom is 0.00695 e. The molecule has 1 heteroatoms. The van der Waals surface area contributed by atoms with Crippen molar-refractivity contribution in [2.45, 2.75) is 148 Å². The van der Waals surface area contributed by atoms with Gasteiger partial charge in [0.25, 0.3) is 0 Å². The normalized spacial score (nSPS) is 21.2. The summed E-state index contributed by atoms with van der Waals surface area (Å²) in [4.78, 5) is 0. The number of hydrogen-bond donors (Lipinski definition) is 1. The third kappa shape index (κ3) is 13.3. The van der Waals surface area contributed by atoms with E-state index in [2.05, 4.69) is 19.2 Å². The number of unbranched alkanes of at least 4 members (excludes halogenated alkanes) is 14. The van der Waals surface area contributed by atoms with Crippen LogP contribution in [0.4, 0.5) is 0 Å². The van der Waals surface area contributed by atoms with Crippen LogP contribution >= 0.6 is 0 Å². The van der Waals surface area contributed by atoms with Crippen LogP contribution in [0.15, 0.2) is 0 Å². The molecule has 24 heavy (non-hydrogen) atoms. The van der Waals surface area contributed by atoms with Gasteiger partial charge in [0.2, 0.25) is 0 Å². The highest BCUT2D eigenvalue weighted by molar-refractivity contribution is 4.77. The van der Waals surface area contributed by atoms with E-state index in [0.29, 0.717) is 0 Å². The fraction of sp³-hybridized carbons (Fsp3) is 1.00. The van der Waals surface area contributed by atoms with Crippen molar-refractivity contribution in [2.75, 3.05) is 0 Å². The zero-order chi connectivity index (χ0) is 17.3. The molecule has 0 spiro atoms. The standard InChI is InChI=1S/C23H47N/c1-3-4-5-6-7-8-9-10-11-12-13-14-15-16-17-20-23-21-18-19-22(2)24-23/h22-24H,3-21H2,1-2H3/t22-,23-/m0/s1. The lowest BCUT2D eigenvalue weighted by atomic mass is 9.95. The lowest BCUT2D eigenvalue weighted by Gasteiger charge is -2.28. The van der Waals surface area contributed by atoms with Gasteiger partial charge in [-0.25, -0.2) is 0 Å². The van der Waals surface area contributed by atoms with Crippen molar-refractivity contribution in [3.05, 3.63) is 0 Å². The van der Waals surface area contributed by atoms with E-state index in [-0.39, 0.29) is 0 Å². The Bertz CT molecular complexity index is 250. The first-order valence-corrected chi connectivity index (χ1v) is 11.6. The van der Waals surface area contributed by atoms with Crippen LogP contribution in [-0.4, -0.2) is 12.1 Å². The van der Waals surface area contributed by atoms with Crippen LogP contribution in [0.2, 0.25) is 0 Å². The van der Waals surface area contributed by atoms with Crippen molar-refractivity contribution in [3.63, 3.8) is 0 Å². The minimum atomic E-state index is 0.764. The molecular formula is C23H47N. The summed E-state index contributed by atoms with van der Waals surface area (Å²) in [6, 6.07) is 1.59. The molecule has 1 saturated heterocycles. The van der Waals surface area contributed by atoms with Gasteiger partial charge in [0.05, 0.1) is 0 Å². The quantitative estimate of drug-likeness (QED) is 0.283. The first-order chi connectivity index (χ1) is 11.8. The number of piperidine rings is 1. The smallest absolute Gasteiger partial charge is 0.00695 e. The highest BCUT2D eigenvalue weighted by Gasteiger charge is 2.16. The Balaban J connectivity index is 1.70. The largest absolute Gasteiger partial charge is 0.312 e. The van der Waals surface area contributed by atoms with Gasteiger partial charge >= 0.3 is 0 Å². The van der Waals surface area contributed by atoms with Crippen molar-refractivity contribution in [1.29, 1.82) is 0 Å². The number of nitrogens with one attached hydrogen (secondary N) is 1. The van der Waals surface area contributed by atoms with E-state index >= 15 is 0 Å². The Morgan fingerprint density at radius 3 is 1.54 bits per heavy atom. The molecular weight excluding hydrogens is 290 g/mol. The van der Waals surface area contributed by atoms with Crippen LogP contribution in [0.1, 0.15) is 136 Å². The molecule has 0 amide bonds. The second-order valence-corrected chi connectivity index (χ2v) is 8.43. The zero-order valence-corrected chi connectivity index (χ0v) is 17.1. The second-order valence-electron chi connectivity index (χ2n) is 8.43. The molecule has 1 rings (SSSR count). The lowest BCUT2D eigenvalue weighted by molar-refractivity contribution is 0.314. The first-order valence-electron chi connectivity index (χ1n) is 11.6. The summed E-state index contributed by atoms with van der Waals surface area (Å²) >= 11 is 0. The third-order valence-electron chi connectivity index (χ3n) is 5.87. The highest BCUT2D eigenvalue weighted by atomic mass is 15.0. The van der Waals surface area contributed by atoms with Gasteiger partial charge in [-0.15, -0.1) is 0 Å². The zero-order valence-electron chi connectivity index (χ0n) is 17.1. The molecule has 0 saturated carbocycles. The van der Waals surface area contributed by atoms with Crippen molar-refractivity contribution in [3.8, 4) is 0 Å². The van der Waals surface area contributed by atoms with Crippen LogP contribution in [-0.2, 0) is 0 Å². The maximum atomic E-state index is 3.77. The molecule has 1 N–H and O–H groups in total. The summed E-state index contributed by atoms with van der Waals surface area (Å²) in [6.07, 6.45) is 27.7. The number of rotatable bonds is 16. The summed E-state index contributed by atoms with van der Waals surface area (Å²) in [6.45, 7) is 4.65. The Morgan fingerprint density at radius 1 is 0.625 bits per heavy atom. The summed E-state index contributed by atoms with van der Waals surface area (Å²) in [7, 11) is 0. The average molecular weight is 338 g/mol. The molecule has 144 valence electrons. The van der Waals surface area contributed by atoms with Gasteiger partial charge in [-0.2, -0.15) is 0 Å². The van der Waals surface area contributed by atoms with Gasteiger partial charge in [-0.05, 0) is 26.2 Å². The number of hydrogen-bond acceptors (Lipinski definition) is 1. The van der Waals surface area contributed by atoms with E-state index in [4.69, 9.17) is 0 Å². The van der Waals surface area contributed by atoms with E-state index in [1.165, 1.54) is 122 Å². The second kappa shape index (κ2) is 16.4. The van der Waals surface area contributed by atoms with E-state index < -0.39 is 0 Å². The van der Waals surface area contributed by atoms with Crippen molar-refractivity contribution in [2.24, 2.45) is 0 Å². The molecule has 0 aromatic carbocycles. The van der Waals surface area contributed by atoms with Gasteiger partial charge in [-0.3, -0.25) is 0 Å².